The number of hydrogen-bond acceptors (Lipinski definition) is 4. The summed E-state index contributed by atoms with van der Waals surface area (Å²) < 4.78 is 10.2. The van der Waals surface area contributed by atoms with Gasteiger partial charge in [0.25, 0.3) is 0 Å². The van der Waals surface area contributed by atoms with Crippen molar-refractivity contribution in [2.45, 2.75) is 31.8 Å². The van der Waals surface area contributed by atoms with Gasteiger partial charge >= 0.3 is 0 Å². The van der Waals surface area contributed by atoms with Crippen molar-refractivity contribution in [3.05, 3.63) is 0 Å². The first-order chi connectivity index (χ1) is 5.06. The molecule has 1 aliphatic heterocycles. The molecule has 0 aromatic heterocycles. The Morgan fingerprint density at radius 3 is 2.73 bits per heavy atom. The third kappa shape index (κ3) is 1.90. The molecule has 4 nitrogen and oxygen atoms in total. The van der Waals surface area contributed by atoms with Gasteiger partial charge in [-0.1, -0.05) is 0 Å². The minimum absolute atomic E-state index is 0.180. The Labute approximate surface area is 65.7 Å². The largest absolute Gasteiger partial charge is 0.394 e. The Hall–Kier alpha value is -0.160. The summed E-state index contributed by atoms with van der Waals surface area (Å²) in [6, 6.07) is 0. The molecule has 0 saturated carbocycles. The fourth-order valence-corrected chi connectivity index (χ4v) is 1.04. The van der Waals surface area contributed by atoms with Crippen LogP contribution in [0.4, 0.5) is 0 Å². The highest BCUT2D eigenvalue weighted by Gasteiger charge is 2.38. The lowest BCUT2D eigenvalue weighted by molar-refractivity contribution is -0.283. The second-order valence-electron chi connectivity index (χ2n) is 3.04. The van der Waals surface area contributed by atoms with Crippen LogP contribution in [0.15, 0.2) is 0 Å². The maximum Gasteiger partial charge on any atom is 0.155 e. The lowest BCUT2D eigenvalue weighted by Gasteiger charge is -2.38. The maximum absolute atomic E-state index is 9.54. The standard InChI is InChI=1S/C7H14O4/c1-5-10-4-7(2,9)6(3-8)11-5/h5-6,8-9H,3-4H2,1-2H3/t5-,6+,7-/m1/s1. The van der Waals surface area contributed by atoms with Gasteiger partial charge in [-0.25, -0.2) is 0 Å². The van der Waals surface area contributed by atoms with E-state index in [9.17, 15) is 5.11 Å². The average Bonchev–Trinajstić information content (AvgIpc) is 1.94. The zero-order valence-electron chi connectivity index (χ0n) is 6.78. The molecule has 0 bridgehead atoms. The van der Waals surface area contributed by atoms with Crippen molar-refractivity contribution in [1.82, 2.24) is 0 Å². The van der Waals surface area contributed by atoms with E-state index in [1.807, 2.05) is 0 Å². The molecule has 1 rings (SSSR count). The van der Waals surface area contributed by atoms with Crippen molar-refractivity contribution < 1.29 is 19.7 Å². The van der Waals surface area contributed by atoms with E-state index in [1.165, 1.54) is 0 Å². The summed E-state index contributed by atoms with van der Waals surface area (Å²) >= 11 is 0. The molecule has 11 heavy (non-hydrogen) atoms. The Bertz CT molecular complexity index is 134. The molecule has 66 valence electrons. The van der Waals surface area contributed by atoms with Crippen LogP contribution < -0.4 is 0 Å². The van der Waals surface area contributed by atoms with Crippen LogP contribution in [-0.2, 0) is 9.47 Å². The molecule has 4 heteroatoms. The predicted octanol–water partition coefficient (Wildman–Crippen LogP) is -0.509. The normalized spacial score (nSPS) is 45.8. The van der Waals surface area contributed by atoms with Crippen molar-refractivity contribution in [1.29, 1.82) is 0 Å². The number of hydrogen-bond donors (Lipinski definition) is 2. The van der Waals surface area contributed by atoms with Crippen LogP contribution in [0.1, 0.15) is 13.8 Å². The van der Waals surface area contributed by atoms with Gasteiger partial charge in [0.05, 0.1) is 13.2 Å². The van der Waals surface area contributed by atoms with Gasteiger partial charge < -0.3 is 19.7 Å². The van der Waals surface area contributed by atoms with Gasteiger partial charge in [0.2, 0.25) is 0 Å². The van der Waals surface area contributed by atoms with Crippen LogP contribution in [0.2, 0.25) is 0 Å². The van der Waals surface area contributed by atoms with E-state index >= 15 is 0 Å². The molecule has 2 N–H and O–H groups in total. The second-order valence-corrected chi connectivity index (χ2v) is 3.04. The second kappa shape index (κ2) is 3.06. The SMILES string of the molecule is C[C@@H]1OC[C@@](C)(O)[C@H](CO)O1. The van der Waals surface area contributed by atoms with E-state index in [-0.39, 0.29) is 19.5 Å². The Morgan fingerprint density at radius 1 is 1.64 bits per heavy atom. The van der Waals surface area contributed by atoms with Crippen LogP contribution in [0.5, 0.6) is 0 Å². The molecule has 1 heterocycles. The van der Waals surface area contributed by atoms with Gasteiger partial charge in [-0.2, -0.15) is 0 Å². The van der Waals surface area contributed by atoms with E-state index in [1.54, 1.807) is 13.8 Å². The molecule has 0 spiro atoms. The number of rotatable bonds is 1. The molecule has 1 fully saturated rings. The van der Waals surface area contributed by atoms with E-state index in [0.717, 1.165) is 0 Å². The monoisotopic (exact) mass is 162 g/mol. The highest BCUT2D eigenvalue weighted by molar-refractivity contribution is 4.85. The zero-order valence-corrected chi connectivity index (χ0v) is 6.78. The van der Waals surface area contributed by atoms with E-state index < -0.39 is 11.7 Å². The molecular formula is C7H14O4. The molecule has 0 unspecified atom stereocenters. The molecule has 0 aromatic carbocycles. The highest BCUT2D eigenvalue weighted by atomic mass is 16.7. The molecular weight excluding hydrogens is 148 g/mol. The molecule has 1 aliphatic rings. The van der Waals surface area contributed by atoms with E-state index in [0.29, 0.717) is 0 Å². The highest BCUT2D eigenvalue weighted by Crippen LogP contribution is 2.21. The quantitative estimate of drug-likeness (QED) is 0.545. The summed E-state index contributed by atoms with van der Waals surface area (Å²) in [6.45, 7) is 3.34. The summed E-state index contributed by atoms with van der Waals surface area (Å²) in [5.74, 6) is 0. The van der Waals surface area contributed by atoms with E-state index in [2.05, 4.69) is 0 Å². The fraction of sp³-hybridized carbons (Fsp3) is 1.00. The topological polar surface area (TPSA) is 58.9 Å². The first kappa shape index (κ1) is 8.93. The maximum atomic E-state index is 9.54. The lowest BCUT2D eigenvalue weighted by atomic mass is 10.00. The first-order valence-electron chi connectivity index (χ1n) is 3.66. The van der Waals surface area contributed by atoms with Crippen molar-refractivity contribution in [2.24, 2.45) is 0 Å². The van der Waals surface area contributed by atoms with Crippen LogP contribution in [-0.4, -0.2) is 41.4 Å². The summed E-state index contributed by atoms with van der Waals surface area (Å²) in [6.07, 6.45) is -0.876. The summed E-state index contributed by atoms with van der Waals surface area (Å²) in [7, 11) is 0. The van der Waals surface area contributed by atoms with Gasteiger partial charge in [-0.15, -0.1) is 0 Å². The third-order valence-corrected chi connectivity index (χ3v) is 1.83. The number of aliphatic hydroxyl groups is 2. The molecule has 0 amide bonds. The minimum atomic E-state index is -1.07. The predicted molar refractivity (Wildman–Crippen MR) is 38.0 cm³/mol. The Kier molecular flexibility index (Phi) is 2.49. The van der Waals surface area contributed by atoms with Crippen LogP contribution >= 0.6 is 0 Å². The molecule has 1 saturated heterocycles. The first-order valence-corrected chi connectivity index (χ1v) is 3.66. The molecule has 0 radical (unpaired) electrons. The van der Waals surface area contributed by atoms with Crippen molar-refractivity contribution in [2.75, 3.05) is 13.2 Å². The van der Waals surface area contributed by atoms with Crippen molar-refractivity contribution in [3.63, 3.8) is 0 Å². The van der Waals surface area contributed by atoms with Gasteiger partial charge in [0.15, 0.2) is 6.29 Å². The van der Waals surface area contributed by atoms with Gasteiger partial charge in [0, 0.05) is 0 Å². The average molecular weight is 162 g/mol. The number of ether oxygens (including phenoxy) is 2. The summed E-state index contributed by atoms with van der Waals surface area (Å²) in [4.78, 5) is 0. The lowest BCUT2D eigenvalue weighted by Crippen LogP contribution is -2.53. The molecule has 3 atom stereocenters. The minimum Gasteiger partial charge on any atom is -0.394 e. The van der Waals surface area contributed by atoms with Crippen LogP contribution in [0.3, 0.4) is 0 Å². The Balaban J connectivity index is 2.56. The van der Waals surface area contributed by atoms with Crippen LogP contribution in [0, 0.1) is 0 Å². The third-order valence-electron chi connectivity index (χ3n) is 1.83. The van der Waals surface area contributed by atoms with Crippen molar-refractivity contribution in [3.8, 4) is 0 Å². The zero-order chi connectivity index (χ0) is 8.48. The number of aliphatic hydroxyl groups excluding tert-OH is 1. The van der Waals surface area contributed by atoms with Gasteiger partial charge in [-0.05, 0) is 13.8 Å². The van der Waals surface area contributed by atoms with Gasteiger partial charge in [0.1, 0.15) is 11.7 Å². The van der Waals surface area contributed by atoms with Crippen molar-refractivity contribution >= 4 is 0 Å². The van der Waals surface area contributed by atoms with Crippen LogP contribution in [0.25, 0.3) is 0 Å². The Morgan fingerprint density at radius 2 is 2.27 bits per heavy atom. The molecule has 0 aromatic rings. The summed E-state index contributed by atoms with van der Waals surface area (Å²) in [5, 5.41) is 18.3. The summed E-state index contributed by atoms with van der Waals surface area (Å²) in [5.41, 5.74) is -1.07. The van der Waals surface area contributed by atoms with Gasteiger partial charge in [-0.3, -0.25) is 0 Å². The van der Waals surface area contributed by atoms with E-state index in [4.69, 9.17) is 14.6 Å². The fourth-order valence-electron chi connectivity index (χ4n) is 1.04. The smallest absolute Gasteiger partial charge is 0.155 e. The molecule has 0 aliphatic carbocycles.